The molecule has 0 aliphatic rings. The summed E-state index contributed by atoms with van der Waals surface area (Å²) in [6, 6.07) is 11.2. The van der Waals surface area contributed by atoms with Gasteiger partial charge in [-0.25, -0.2) is 0 Å². The number of nitrogens with zero attached hydrogens (tertiary/aromatic N) is 1. The minimum absolute atomic E-state index is 0.0959. The molecule has 0 saturated heterocycles. The van der Waals surface area contributed by atoms with E-state index in [1.54, 1.807) is 12.3 Å². The number of aromatic nitrogens is 1. The molecule has 1 N–H and O–H groups in total. The van der Waals surface area contributed by atoms with Crippen molar-refractivity contribution >= 4 is 17.5 Å². The molecular formula is C15H15ClN2O. The maximum absolute atomic E-state index is 11.8. The second-order valence-corrected chi connectivity index (χ2v) is 4.76. The number of benzene rings is 1. The van der Waals surface area contributed by atoms with E-state index in [0.717, 1.165) is 22.7 Å². The largest absolute Gasteiger partial charge is 0.352 e. The number of halogens is 1. The Kier molecular flexibility index (Phi) is 4.53. The van der Waals surface area contributed by atoms with Gasteiger partial charge in [0.05, 0.1) is 5.56 Å². The van der Waals surface area contributed by atoms with E-state index in [-0.39, 0.29) is 5.91 Å². The van der Waals surface area contributed by atoms with Crippen LogP contribution in [0.2, 0.25) is 5.02 Å². The zero-order valence-electron chi connectivity index (χ0n) is 10.7. The van der Waals surface area contributed by atoms with E-state index in [1.165, 1.54) is 0 Å². The molecule has 0 aliphatic heterocycles. The lowest BCUT2D eigenvalue weighted by Gasteiger charge is -2.05. The first-order valence-electron chi connectivity index (χ1n) is 6.10. The lowest BCUT2D eigenvalue weighted by atomic mass is 10.1. The topological polar surface area (TPSA) is 42.0 Å². The maximum Gasteiger partial charge on any atom is 0.252 e. The van der Waals surface area contributed by atoms with Crippen LogP contribution in [-0.4, -0.2) is 17.4 Å². The van der Waals surface area contributed by atoms with Gasteiger partial charge in [0.1, 0.15) is 0 Å². The first kappa shape index (κ1) is 13.6. The molecule has 1 aromatic heterocycles. The molecule has 0 aliphatic carbocycles. The van der Waals surface area contributed by atoms with Crippen LogP contribution in [-0.2, 0) is 6.42 Å². The summed E-state index contributed by atoms with van der Waals surface area (Å²) in [6.07, 6.45) is 2.37. The van der Waals surface area contributed by atoms with Crippen molar-refractivity contribution in [1.29, 1.82) is 0 Å². The molecule has 2 aromatic rings. The number of amides is 1. The molecular weight excluding hydrogens is 260 g/mol. The number of nitrogens with one attached hydrogen (secondary N) is 1. The predicted octanol–water partition coefficient (Wildman–Crippen LogP) is 3.02. The van der Waals surface area contributed by atoms with Crippen LogP contribution in [0, 0.1) is 6.92 Å². The van der Waals surface area contributed by atoms with Crippen LogP contribution in [0.25, 0.3) is 0 Å². The molecule has 0 saturated carbocycles. The number of carbonyl (C=O) groups is 1. The Morgan fingerprint density at radius 2 is 1.95 bits per heavy atom. The summed E-state index contributed by atoms with van der Waals surface area (Å²) in [4.78, 5) is 15.9. The lowest BCUT2D eigenvalue weighted by Crippen LogP contribution is -2.25. The van der Waals surface area contributed by atoms with Gasteiger partial charge >= 0.3 is 0 Å². The molecule has 1 amide bonds. The van der Waals surface area contributed by atoms with Gasteiger partial charge in [-0.1, -0.05) is 23.7 Å². The quantitative estimate of drug-likeness (QED) is 0.931. The van der Waals surface area contributed by atoms with E-state index in [2.05, 4.69) is 10.3 Å². The van der Waals surface area contributed by atoms with Crippen LogP contribution in [0.3, 0.4) is 0 Å². The summed E-state index contributed by atoms with van der Waals surface area (Å²) in [5.41, 5.74) is 2.63. The van der Waals surface area contributed by atoms with E-state index in [9.17, 15) is 4.79 Å². The highest BCUT2D eigenvalue weighted by atomic mass is 35.5. The number of aryl methyl sites for hydroxylation is 1. The second kappa shape index (κ2) is 6.34. The third-order valence-electron chi connectivity index (χ3n) is 2.79. The van der Waals surface area contributed by atoms with E-state index in [4.69, 9.17) is 11.6 Å². The monoisotopic (exact) mass is 274 g/mol. The Bertz CT molecular complexity index is 549. The van der Waals surface area contributed by atoms with Crippen LogP contribution in [0.15, 0.2) is 42.6 Å². The van der Waals surface area contributed by atoms with Crippen molar-refractivity contribution in [2.45, 2.75) is 13.3 Å². The summed E-state index contributed by atoms with van der Waals surface area (Å²) in [5, 5.41) is 3.59. The standard InChI is InChI=1S/C15H15ClN2O/c1-11-2-5-13(10-18-11)15(19)17-9-8-12-3-6-14(16)7-4-12/h2-7,10H,8-9H2,1H3,(H,17,19). The molecule has 0 atom stereocenters. The highest BCUT2D eigenvalue weighted by molar-refractivity contribution is 6.30. The first-order chi connectivity index (χ1) is 9.15. The average molecular weight is 275 g/mol. The molecule has 2 rings (SSSR count). The molecule has 0 unspecified atom stereocenters. The van der Waals surface area contributed by atoms with Crippen molar-refractivity contribution in [2.24, 2.45) is 0 Å². The maximum atomic E-state index is 11.8. The molecule has 19 heavy (non-hydrogen) atoms. The first-order valence-corrected chi connectivity index (χ1v) is 6.48. The summed E-state index contributed by atoms with van der Waals surface area (Å²) in [5.74, 6) is -0.0959. The molecule has 0 bridgehead atoms. The van der Waals surface area contributed by atoms with Gasteiger partial charge in [-0.3, -0.25) is 9.78 Å². The summed E-state index contributed by atoms with van der Waals surface area (Å²) >= 11 is 5.81. The fourth-order valence-electron chi connectivity index (χ4n) is 1.68. The molecule has 1 aromatic carbocycles. The van der Waals surface area contributed by atoms with Crippen molar-refractivity contribution in [3.63, 3.8) is 0 Å². The third-order valence-corrected chi connectivity index (χ3v) is 3.04. The average Bonchev–Trinajstić information content (AvgIpc) is 2.41. The minimum Gasteiger partial charge on any atom is -0.352 e. The van der Waals surface area contributed by atoms with Gasteiger partial charge in [0.2, 0.25) is 0 Å². The van der Waals surface area contributed by atoms with Gasteiger partial charge in [0.15, 0.2) is 0 Å². The Labute approximate surface area is 117 Å². The minimum atomic E-state index is -0.0959. The molecule has 4 heteroatoms. The van der Waals surface area contributed by atoms with Crippen molar-refractivity contribution < 1.29 is 4.79 Å². The van der Waals surface area contributed by atoms with E-state index < -0.39 is 0 Å². The van der Waals surface area contributed by atoms with Gasteiger partial charge in [0, 0.05) is 23.5 Å². The smallest absolute Gasteiger partial charge is 0.252 e. The second-order valence-electron chi connectivity index (χ2n) is 4.32. The number of hydrogen-bond acceptors (Lipinski definition) is 2. The fraction of sp³-hybridized carbons (Fsp3) is 0.200. The van der Waals surface area contributed by atoms with Crippen molar-refractivity contribution in [1.82, 2.24) is 10.3 Å². The highest BCUT2D eigenvalue weighted by Crippen LogP contribution is 2.09. The Hall–Kier alpha value is -1.87. The third kappa shape index (κ3) is 4.07. The molecule has 0 fully saturated rings. The van der Waals surface area contributed by atoms with E-state index >= 15 is 0 Å². The highest BCUT2D eigenvalue weighted by Gasteiger charge is 2.04. The van der Waals surface area contributed by atoms with Gasteiger partial charge in [-0.15, -0.1) is 0 Å². The zero-order valence-corrected chi connectivity index (χ0v) is 11.4. The zero-order chi connectivity index (χ0) is 13.7. The van der Waals surface area contributed by atoms with Gasteiger partial charge in [-0.2, -0.15) is 0 Å². The van der Waals surface area contributed by atoms with Crippen LogP contribution < -0.4 is 5.32 Å². The number of rotatable bonds is 4. The van der Waals surface area contributed by atoms with E-state index in [0.29, 0.717) is 12.1 Å². The van der Waals surface area contributed by atoms with Crippen LogP contribution in [0.5, 0.6) is 0 Å². The number of pyridine rings is 1. The van der Waals surface area contributed by atoms with Gasteiger partial charge in [0.25, 0.3) is 5.91 Å². The Morgan fingerprint density at radius 1 is 1.21 bits per heavy atom. The fourth-order valence-corrected chi connectivity index (χ4v) is 1.80. The van der Waals surface area contributed by atoms with Crippen LogP contribution >= 0.6 is 11.6 Å². The van der Waals surface area contributed by atoms with E-state index in [1.807, 2.05) is 37.3 Å². The van der Waals surface area contributed by atoms with Gasteiger partial charge < -0.3 is 5.32 Å². The van der Waals surface area contributed by atoms with Crippen molar-refractivity contribution in [3.05, 3.63) is 64.4 Å². The Morgan fingerprint density at radius 3 is 2.58 bits per heavy atom. The van der Waals surface area contributed by atoms with Crippen molar-refractivity contribution in [2.75, 3.05) is 6.54 Å². The summed E-state index contributed by atoms with van der Waals surface area (Å²) < 4.78 is 0. The number of hydrogen-bond donors (Lipinski definition) is 1. The number of carbonyl (C=O) groups excluding carboxylic acids is 1. The SMILES string of the molecule is Cc1ccc(C(=O)NCCc2ccc(Cl)cc2)cn1. The van der Waals surface area contributed by atoms with Crippen LogP contribution in [0.1, 0.15) is 21.6 Å². The molecule has 1 heterocycles. The normalized spacial score (nSPS) is 10.2. The Balaban J connectivity index is 1.84. The van der Waals surface area contributed by atoms with Gasteiger partial charge in [-0.05, 0) is 43.2 Å². The lowest BCUT2D eigenvalue weighted by molar-refractivity contribution is 0.0954. The molecule has 98 valence electrons. The summed E-state index contributed by atoms with van der Waals surface area (Å²) in [6.45, 7) is 2.48. The van der Waals surface area contributed by atoms with Crippen LogP contribution in [0.4, 0.5) is 0 Å². The predicted molar refractivity (Wildman–Crippen MR) is 76.5 cm³/mol. The summed E-state index contributed by atoms with van der Waals surface area (Å²) in [7, 11) is 0. The van der Waals surface area contributed by atoms with Crippen molar-refractivity contribution in [3.8, 4) is 0 Å². The molecule has 3 nitrogen and oxygen atoms in total. The molecule has 0 spiro atoms. The molecule has 0 radical (unpaired) electrons.